The van der Waals surface area contributed by atoms with Crippen LogP contribution in [0.2, 0.25) is 0 Å². The highest BCUT2D eigenvalue weighted by atomic mass is 16.1. The van der Waals surface area contributed by atoms with Crippen LogP contribution in [-0.2, 0) is 10.3 Å². The van der Waals surface area contributed by atoms with Crippen LogP contribution in [-0.4, -0.2) is 12.5 Å². The van der Waals surface area contributed by atoms with E-state index in [9.17, 15) is 4.79 Å². The zero-order valence-electron chi connectivity index (χ0n) is 9.50. The number of carbonyl (C=O) groups excluding carboxylic acids is 1. The first kappa shape index (κ1) is 11.7. The molecule has 0 unspecified atom stereocenters. The zero-order chi connectivity index (χ0) is 11.5. The highest BCUT2D eigenvalue weighted by molar-refractivity contribution is 5.76. The molecule has 0 atom stereocenters. The third kappa shape index (κ3) is 3.36. The van der Waals surface area contributed by atoms with Gasteiger partial charge < -0.3 is 5.73 Å². The van der Waals surface area contributed by atoms with Gasteiger partial charge in [0.05, 0.1) is 6.54 Å². The van der Waals surface area contributed by atoms with Crippen molar-refractivity contribution < 1.29 is 4.79 Å². The van der Waals surface area contributed by atoms with Crippen molar-refractivity contribution in [2.45, 2.75) is 26.3 Å². The quantitative estimate of drug-likeness (QED) is 0.780. The first-order chi connectivity index (χ1) is 6.92. The van der Waals surface area contributed by atoms with E-state index in [2.05, 4.69) is 29.6 Å². The van der Waals surface area contributed by atoms with E-state index in [-0.39, 0.29) is 18.0 Å². The lowest BCUT2D eigenvalue weighted by molar-refractivity contribution is -0.117. The molecule has 82 valence electrons. The van der Waals surface area contributed by atoms with Crippen LogP contribution in [0.1, 0.15) is 25.0 Å². The number of hydrogen-bond donors (Lipinski definition) is 2. The van der Waals surface area contributed by atoms with Crippen LogP contribution in [0.5, 0.6) is 0 Å². The summed E-state index contributed by atoms with van der Waals surface area (Å²) in [5.41, 5.74) is 7.24. The van der Waals surface area contributed by atoms with Crippen molar-refractivity contribution in [2.24, 2.45) is 5.73 Å². The van der Waals surface area contributed by atoms with Gasteiger partial charge in [0.2, 0.25) is 5.91 Å². The van der Waals surface area contributed by atoms with Crippen LogP contribution in [0, 0.1) is 6.92 Å². The molecule has 1 aromatic rings. The Morgan fingerprint density at radius 1 is 1.33 bits per heavy atom. The molecule has 3 N–H and O–H groups in total. The average molecular weight is 206 g/mol. The molecule has 3 heteroatoms. The van der Waals surface area contributed by atoms with Gasteiger partial charge in [-0.25, -0.2) is 0 Å². The summed E-state index contributed by atoms with van der Waals surface area (Å²) < 4.78 is 0. The molecular weight excluding hydrogens is 188 g/mol. The van der Waals surface area contributed by atoms with Gasteiger partial charge >= 0.3 is 0 Å². The molecule has 0 bridgehead atoms. The molecule has 1 rings (SSSR count). The molecule has 0 aliphatic rings. The summed E-state index contributed by atoms with van der Waals surface area (Å²) in [4.78, 5) is 10.7. The van der Waals surface area contributed by atoms with E-state index >= 15 is 0 Å². The summed E-state index contributed by atoms with van der Waals surface area (Å²) >= 11 is 0. The summed E-state index contributed by atoms with van der Waals surface area (Å²) in [6, 6.07) is 8.23. The molecule has 0 fully saturated rings. The molecule has 0 aliphatic heterocycles. The van der Waals surface area contributed by atoms with Crippen LogP contribution in [0.25, 0.3) is 0 Å². The summed E-state index contributed by atoms with van der Waals surface area (Å²) in [7, 11) is 0. The third-order valence-corrected chi connectivity index (χ3v) is 2.48. The maximum atomic E-state index is 10.7. The van der Waals surface area contributed by atoms with E-state index in [0.29, 0.717) is 0 Å². The molecule has 0 saturated heterocycles. The van der Waals surface area contributed by atoms with E-state index in [1.807, 2.05) is 20.8 Å². The number of rotatable bonds is 4. The molecular formula is C12H18N2O. The molecule has 0 spiro atoms. The minimum absolute atomic E-state index is 0.195. The van der Waals surface area contributed by atoms with Crippen LogP contribution in [0.15, 0.2) is 24.3 Å². The SMILES string of the molecule is Cc1ccc(C(C)(C)NCC(N)=O)cc1. The molecule has 0 saturated carbocycles. The molecule has 15 heavy (non-hydrogen) atoms. The second-order valence-electron chi connectivity index (χ2n) is 4.31. The van der Waals surface area contributed by atoms with Gasteiger partial charge in [-0.15, -0.1) is 0 Å². The second-order valence-corrected chi connectivity index (χ2v) is 4.31. The van der Waals surface area contributed by atoms with E-state index in [1.165, 1.54) is 5.56 Å². The number of carbonyl (C=O) groups is 1. The minimum atomic E-state index is -0.338. The van der Waals surface area contributed by atoms with Gasteiger partial charge in [0.25, 0.3) is 0 Å². The molecule has 1 aromatic carbocycles. The molecule has 0 aromatic heterocycles. The highest BCUT2D eigenvalue weighted by Gasteiger charge is 2.19. The number of benzene rings is 1. The third-order valence-electron chi connectivity index (χ3n) is 2.48. The maximum absolute atomic E-state index is 10.7. The summed E-state index contributed by atoms with van der Waals surface area (Å²) in [6.45, 7) is 6.30. The largest absolute Gasteiger partial charge is 0.369 e. The fourth-order valence-electron chi connectivity index (χ4n) is 1.38. The number of hydrogen-bond acceptors (Lipinski definition) is 2. The van der Waals surface area contributed by atoms with E-state index in [1.54, 1.807) is 0 Å². The van der Waals surface area contributed by atoms with Crippen LogP contribution >= 0.6 is 0 Å². The standard InChI is InChI=1S/C12H18N2O/c1-9-4-6-10(7-5-9)12(2,3)14-8-11(13)15/h4-7,14H,8H2,1-3H3,(H2,13,15). The average Bonchev–Trinajstić information content (AvgIpc) is 2.16. The Morgan fingerprint density at radius 3 is 2.33 bits per heavy atom. The van der Waals surface area contributed by atoms with Crippen LogP contribution in [0.3, 0.4) is 0 Å². The van der Waals surface area contributed by atoms with Crippen LogP contribution in [0.4, 0.5) is 0 Å². The lowest BCUT2D eigenvalue weighted by Crippen LogP contribution is -2.41. The Hall–Kier alpha value is -1.35. The normalized spacial score (nSPS) is 11.4. The van der Waals surface area contributed by atoms with Gasteiger partial charge in [-0.1, -0.05) is 29.8 Å². The van der Waals surface area contributed by atoms with Gasteiger partial charge in [0.1, 0.15) is 0 Å². The number of nitrogens with two attached hydrogens (primary N) is 1. The first-order valence-corrected chi connectivity index (χ1v) is 5.02. The maximum Gasteiger partial charge on any atom is 0.231 e. The Kier molecular flexibility index (Phi) is 3.48. The van der Waals surface area contributed by atoms with Crippen molar-refractivity contribution in [3.05, 3.63) is 35.4 Å². The highest BCUT2D eigenvalue weighted by Crippen LogP contribution is 2.19. The number of amides is 1. The summed E-state index contributed by atoms with van der Waals surface area (Å²) in [6.07, 6.45) is 0. The second kappa shape index (κ2) is 4.45. The smallest absolute Gasteiger partial charge is 0.231 e. The Morgan fingerprint density at radius 2 is 1.87 bits per heavy atom. The van der Waals surface area contributed by atoms with Gasteiger partial charge in [0.15, 0.2) is 0 Å². The van der Waals surface area contributed by atoms with Crippen LogP contribution < -0.4 is 11.1 Å². The molecule has 1 amide bonds. The van der Waals surface area contributed by atoms with Gasteiger partial charge in [0, 0.05) is 5.54 Å². The Bertz CT molecular complexity index is 341. The lowest BCUT2D eigenvalue weighted by atomic mass is 9.93. The molecule has 3 nitrogen and oxygen atoms in total. The molecule has 0 heterocycles. The Labute approximate surface area is 90.7 Å². The van der Waals surface area contributed by atoms with Crippen molar-refractivity contribution in [2.75, 3.05) is 6.54 Å². The minimum Gasteiger partial charge on any atom is -0.369 e. The van der Waals surface area contributed by atoms with Crippen molar-refractivity contribution in [1.82, 2.24) is 5.32 Å². The number of primary amides is 1. The topological polar surface area (TPSA) is 55.1 Å². The monoisotopic (exact) mass is 206 g/mol. The van der Waals surface area contributed by atoms with E-state index < -0.39 is 0 Å². The molecule has 0 radical (unpaired) electrons. The Balaban J connectivity index is 2.76. The molecule has 0 aliphatic carbocycles. The van der Waals surface area contributed by atoms with Gasteiger partial charge in [-0.3, -0.25) is 10.1 Å². The fourth-order valence-corrected chi connectivity index (χ4v) is 1.38. The van der Waals surface area contributed by atoms with Crippen molar-refractivity contribution in [3.8, 4) is 0 Å². The summed E-state index contributed by atoms with van der Waals surface area (Å²) in [5.74, 6) is -0.338. The zero-order valence-corrected chi connectivity index (χ0v) is 9.50. The predicted molar refractivity (Wildman–Crippen MR) is 61.4 cm³/mol. The van der Waals surface area contributed by atoms with Crippen molar-refractivity contribution in [3.63, 3.8) is 0 Å². The lowest BCUT2D eigenvalue weighted by Gasteiger charge is -2.26. The predicted octanol–water partition coefficient (Wildman–Crippen LogP) is 1.31. The van der Waals surface area contributed by atoms with E-state index in [4.69, 9.17) is 5.73 Å². The number of aryl methyl sites for hydroxylation is 1. The van der Waals surface area contributed by atoms with Crippen molar-refractivity contribution in [1.29, 1.82) is 0 Å². The summed E-state index contributed by atoms with van der Waals surface area (Å²) in [5, 5.41) is 3.12. The number of nitrogens with one attached hydrogen (secondary N) is 1. The van der Waals surface area contributed by atoms with Gasteiger partial charge in [-0.2, -0.15) is 0 Å². The fraction of sp³-hybridized carbons (Fsp3) is 0.417. The first-order valence-electron chi connectivity index (χ1n) is 5.02. The van der Waals surface area contributed by atoms with E-state index in [0.717, 1.165) is 5.56 Å². The van der Waals surface area contributed by atoms with Crippen molar-refractivity contribution >= 4 is 5.91 Å². The van der Waals surface area contributed by atoms with Gasteiger partial charge in [-0.05, 0) is 26.3 Å².